The largest absolute Gasteiger partial charge is 0.541 e. The lowest BCUT2D eigenvalue weighted by atomic mass is 9.83. The van der Waals surface area contributed by atoms with Gasteiger partial charge in [-0.2, -0.15) is 0 Å². The van der Waals surface area contributed by atoms with Crippen LogP contribution >= 0.6 is 0 Å². The molecular formula is C61H119NO12Si6. The molecule has 1 aliphatic carbocycles. The van der Waals surface area contributed by atoms with E-state index >= 15 is 4.79 Å². The SMILES string of the molecule is C/C(=C\c1ccc(O[C@@H]2O[C@H](/C(C)=C/CO)[C@@H]([Si](C)(C)C(C)(C)C)[C@@H]2O[Si](C)(C)C(C)(C)C)c(O[Si](C)(C)C(C)(C)C)c1)C(=O)N[C@H]1[C@@H](O[Si](C)(C)C(C)(C)C)[C@@H]2OCO[C@@H]2[C@H](O[Si](C)(C)C(C)(C)C)[C@H]1O[Si](C)(C)C(C)(C)C.O. The van der Waals surface area contributed by atoms with Crippen LogP contribution < -0.4 is 14.5 Å². The minimum Gasteiger partial charge on any atom is -0.541 e. The predicted molar refractivity (Wildman–Crippen MR) is 347 cm³/mol. The van der Waals surface area contributed by atoms with E-state index in [-0.39, 0.29) is 66.7 Å². The monoisotopic (exact) mass is 1230 g/mol. The highest BCUT2D eigenvalue weighted by Crippen LogP contribution is 2.56. The van der Waals surface area contributed by atoms with Crippen molar-refractivity contribution in [2.24, 2.45) is 0 Å². The normalized spacial score (nSPS) is 26.7. The Hall–Kier alpha value is -1.29. The molecule has 464 valence electrons. The average Bonchev–Trinajstić information content (AvgIpc) is 3.87. The van der Waals surface area contributed by atoms with Gasteiger partial charge < -0.3 is 57.0 Å². The fourth-order valence-corrected chi connectivity index (χ4v) is 18.6. The molecule has 4 rings (SSSR count). The van der Waals surface area contributed by atoms with E-state index in [9.17, 15) is 5.11 Å². The summed E-state index contributed by atoms with van der Waals surface area (Å²) in [5.74, 6) is 0.898. The number of amides is 1. The van der Waals surface area contributed by atoms with E-state index in [4.69, 9.17) is 41.1 Å². The fraction of sp³-hybridized carbons (Fsp3) is 0.820. The van der Waals surface area contributed by atoms with Crippen LogP contribution in [0.25, 0.3) is 6.08 Å². The lowest BCUT2D eigenvalue weighted by Crippen LogP contribution is -2.73. The topological polar surface area (TPSA) is 164 Å². The maximum atomic E-state index is 15.3. The van der Waals surface area contributed by atoms with Gasteiger partial charge in [-0.3, -0.25) is 4.79 Å². The van der Waals surface area contributed by atoms with Gasteiger partial charge in [0.15, 0.2) is 39.0 Å². The highest BCUT2D eigenvalue weighted by Gasteiger charge is 2.63. The van der Waals surface area contributed by atoms with Crippen molar-refractivity contribution in [1.82, 2.24) is 5.32 Å². The molecular weight excluding hydrogens is 1110 g/mol. The third kappa shape index (κ3) is 16.0. The molecule has 0 bridgehead atoms. The number of benzene rings is 1. The summed E-state index contributed by atoms with van der Waals surface area (Å²) in [7, 11) is -14.7. The molecule has 2 saturated heterocycles. The molecule has 1 saturated carbocycles. The van der Waals surface area contributed by atoms with E-state index < -0.39 is 98.6 Å². The van der Waals surface area contributed by atoms with Gasteiger partial charge in [-0.1, -0.05) is 150 Å². The van der Waals surface area contributed by atoms with Crippen LogP contribution in [0, 0.1) is 0 Å². The summed E-state index contributed by atoms with van der Waals surface area (Å²) in [6.07, 6.45) is -0.368. The number of carbonyl (C=O) groups excluding carboxylic acids is 1. The van der Waals surface area contributed by atoms with Crippen LogP contribution in [0.5, 0.6) is 11.5 Å². The van der Waals surface area contributed by atoms with Crippen LogP contribution in [0.3, 0.4) is 0 Å². The molecule has 1 aromatic rings. The molecule has 0 unspecified atom stereocenters. The summed E-state index contributed by atoms with van der Waals surface area (Å²) in [4.78, 5) is 15.3. The van der Waals surface area contributed by atoms with Crippen LogP contribution in [0.15, 0.2) is 35.4 Å². The number of carbonyl (C=O) groups is 1. The van der Waals surface area contributed by atoms with Gasteiger partial charge >= 0.3 is 0 Å². The first kappa shape index (κ1) is 73.0. The second-order valence-corrected chi connectivity index (χ2v) is 62.2. The Morgan fingerprint density at radius 1 is 0.588 bits per heavy atom. The Bertz CT molecular complexity index is 2330. The zero-order chi connectivity index (χ0) is 61.3. The zero-order valence-electron chi connectivity index (χ0n) is 56.6. The Labute approximate surface area is 494 Å². The molecule has 3 fully saturated rings. The number of hydrogen-bond acceptors (Lipinski definition) is 11. The summed E-state index contributed by atoms with van der Waals surface area (Å²) < 4.78 is 64.9. The summed E-state index contributed by atoms with van der Waals surface area (Å²) in [6.45, 7) is 72.2. The van der Waals surface area contributed by atoms with Gasteiger partial charge in [0, 0.05) is 11.1 Å². The lowest BCUT2D eigenvalue weighted by Gasteiger charge is -2.55. The highest BCUT2D eigenvalue weighted by molar-refractivity contribution is 6.82. The molecule has 2 heterocycles. The predicted octanol–water partition coefficient (Wildman–Crippen LogP) is 15.4. The molecule has 4 N–H and O–H groups in total. The van der Waals surface area contributed by atoms with E-state index in [1.165, 1.54) is 0 Å². The maximum Gasteiger partial charge on any atom is 0.250 e. The second kappa shape index (κ2) is 24.8. The van der Waals surface area contributed by atoms with Gasteiger partial charge in [-0.05, 0) is 139 Å². The molecule has 10 atom stereocenters. The number of aliphatic hydroxyl groups is 1. The zero-order valence-corrected chi connectivity index (χ0v) is 62.6. The Morgan fingerprint density at radius 2 is 1.00 bits per heavy atom. The quantitative estimate of drug-likeness (QED) is 0.0817. The Balaban J connectivity index is 0.0000168. The van der Waals surface area contributed by atoms with Crippen LogP contribution in [-0.4, -0.2) is 135 Å². The van der Waals surface area contributed by atoms with Gasteiger partial charge in [0.2, 0.25) is 12.2 Å². The molecule has 1 aromatic carbocycles. The number of fused-ring (bicyclic) bond motifs is 1. The van der Waals surface area contributed by atoms with E-state index in [0.29, 0.717) is 17.1 Å². The molecule has 0 radical (unpaired) electrons. The molecule has 13 nitrogen and oxygen atoms in total. The minimum atomic E-state index is -2.54. The van der Waals surface area contributed by atoms with E-state index in [0.717, 1.165) is 11.1 Å². The number of hydrogen-bond donors (Lipinski definition) is 2. The van der Waals surface area contributed by atoms with Crippen molar-refractivity contribution in [2.75, 3.05) is 13.4 Å². The number of nitrogens with one attached hydrogen (secondary N) is 1. The summed E-state index contributed by atoms with van der Waals surface area (Å²) in [5.41, 5.74) is 2.28. The molecule has 80 heavy (non-hydrogen) atoms. The van der Waals surface area contributed by atoms with Crippen molar-refractivity contribution >= 4 is 61.6 Å². The molecule has 1 amide bonds. The Kier molecular flexibility index (Phi) is 22.6. The van der Waals surface area contributed by atoms with Crippen LogP contribution in [0.4, 0.5) is 0 Å². The summed E-state index contributed by atoms with van der Waals surface area (Å²) >= 11 is 0. The van der Waals surface area contributed by atoms with Crippen molar-refractivity contribution in [3.05, 3.63) is 41.0 Å². The van der Waals surface area contributed by atoms with E-state index in [2.05, 4.69) is 215 Å². The first-order chi connectivity index (χ1) is 35.2. The third-order valence-corrected chi connectivity index (χ3v) is 49.2. The lowest BCUT2D eigenvalue weighted by molar-refractivity contribution is -0.144. The first-order valence-corrected chi connectivity index (χ1v) is 47.1. The highest BCUT2D eigenvalue weighted by atomic mass is 28.4. The second-order valence-electron chi connectivity index (χ2n) is 32.8. The van der Waals surface area contributed by atoms with E-state index in [1.54, 1.807) is 0 Å². The smallest absolute Gasteiger partial charge is 0.250 e. The van der Waals surface area contributed by atoms with Gasteiger partial charge in [0.1, 0.15) is 37.0 Å². The van der Waals surface area contributed by atoms with Gasteiger partial charge in [0.25, 0.3) is 8.32 Å². The minimum absolute atomic E-state index is 0. The van der Waals surface area contributed by atoms with Crippen molar-refractivity contribution in [1.29, 1.82) is 0 Å². The summed E-state index contributed by atoms with van der Waals surface area (Å²) in [5, 5.41) is 13.2. The maximum absolute atomic E-state index is 15.3. The first-order valence-electron chi connectivity index (χ1n) is 29.5. The van der Waals surface area contributed by atoms with E-state index in [1.807, 2.05) is 37.3 Å². The molecule has 19 heteroatoms. The van der Waals surface area contributed by atoms with Gasteiger partial charge in [-0.25, -0.2) is 0 Å². The van der Waals surface area contributed by atoms with Crippen molar-refractivity contribution in [3.8, 4) is 11.5 Å². The third-order valence-electron chi connectivity index (χ3n) is 20.8. The van der Waals surface area contributed by atoms with Gasteiger partial charge in [-0.15, -0.1) is 0 Å². The van der Waals surface area contributed by atoms with Crippen molar-refractivity contribution in [2.45, 2.75) is 308 Å². The molecule has 2 aliphatic heterocycles. The van der Waals surface area contributed by atoms with Crippen molar-refractivity contribution in [3.63, 3.8) is 0 Å². The average molecular weight is 1230 g/mol. The fourth-order valence-electron chi connectivity index (χ4n) is 9.12. The number of rotatable bonds is 18. The van der Waals surface area contributed by atoms with Crippen LogP contribution in [0.1, 0.15) is 144 Å². The van der Waals surface area contributed by atoms with Crippen molar-refractivity contribution < 1.29 is 56.5 Å². The molecule has 0 spiro atoms. The molecule has 3 aliphatic rings. The van der Waals surface area contributed by atoms with Gasteiger partial charge in [0.05, 0.1) is 39.0 Å². The summed E-state index contributed by atoms with van der Waals surface area (Å²) in [6, 6.07) is 5.32. The molecule has 0 aromatic heterocycles. The Morgan fingerprint density at radius 3 is 1.43 bits per heavy atom. The number of ether oxygens (including phenoxy) is 4. The standard InChI is InChI=1S/C61H117NO11Si6.H2O/c1-40(35-36-63)46-53(74(21,22)56(3,4)5)52(73-79(31,32)61(18,19)20)55(68-46)67-43-34-33-42(38-44(43)69-75(23,24)57(6,7)8)37-41(2)54(64)62-45-47(70-76(25,26)58(9,10)11)49-50(66-39-65-49)51(72-78(29,30)60(15,16)17)48(45)71-77(27,28)59(12,13)14;/h33-35,37-38,45-53,55,63H,36,39H2,1-32H3,(H,62,64);1H2/b40-35+,41-37+;/t45-,46+,47+,48-,49-,50-,51+,52-,53+,55+;/m0./s1. The van der Waals surface area contributed by atoms with Crippen LogP contribution in [0.2, 0.25) is 114 Å². The van der Waals surface area contributed by atoms with Crippen LogP contribution in [-0.2, 0) is 36.7 Å². The number of aliphatic hydroxyl groups excluding tert-OH is 1.